The molecule has 18 heavy (non-hydrogen) atoms. The Morgan fingerprint density at radius 3 is 2.50 bits per heavy atom. The molecule has 0 saturated carbocycles. The first-order valence-electron chi connectivity index (χ1n) is 5.88. The van der Waals surface area contributed by atoms with Gasteiger partial charge in [0.1, 0.15) is 12.0 Å². The summed E-state index contributed by atoms with van der Waals surface area (Å²) in [5.74, 6) is 0.341. The number of hydrogen-bond acceptors (Lipinski definition) is 4. The predicted molar refractivity (Wildman–Crippen MR) is 68.5 cm³/mol. The van der Waals surface area contributed by atoms with Crippen LogP contribution in [0.15, 0.2) is 24.3 Å². The summed E-state index contributed by atoms with van der Waals surface area (Å²) in [6.07, 6.45) is 0.733. The second kappa shape index (κ2) is 6.52. The third kappa shape index (κ3) is 4.13. The summed E-state index contributed by atoms with van der Waals surface area (Å²) in [5.41, 5.74) is -0.140. The highest BCUT2D eigenvalue weighted by molar-refractivity contribution is 5.54. The minimum atomic E-state index is -1.13. The van der Waals surface area contributed by atoms with Crippen molar-refractivity contribution in [1.82, 2.24) is 0 Å². The summed E-state index contributed by atoms with van der Waals surface area (Å²) in [6, 6.07) is 7.50. The van der Waals surface area contributed by atoms with E-state index in [1.165, 1.54) is 0 Å². The predicted octanol–water partition coefficient (Wildman–Crippen LogP) is 1.80. The van der Waals surface area contributed by atoms with Crippen molar-refractivity contribution in [2.45, 2.75) is 26.1 Å². The Kier molecular flexibility index (Phi) is 5.31. The van der Waals surface area contributed by atoms with Crippen molar-refractivity contribution in [3.05, 3.63) is 29.8 Å². The lowest BCUT2D eigenvalue weighted by Crippen LogP contribution is -2.38. The van der Waals surface area contributed by atoms with E-state index >= 15 is 0 Å². The van der Waals surface area contributed by atoms with Gasteiger partial charge in [0, 0.05) is 5.92 Å². The minimum absolute atomic E-state index is 0.124. The van der Waals surface area contributed by atoms with Gasteiger partial charge in [0.05, 0.1) is 25.9 Å². The first-order valence-corrected chi connectivity index (χ1v) is 5.88. The number of benzene rings is 1. The van der Waals surface area contributed by atoms with Crippen LogP contribution in [-0.2, 0) is 16.1 Å². The van der Waals surface area contributed by atoms with Gasteiger partial charge in [0.2, 0.25) is 0 Å². The standard InChI is InChI=1S/C14H20O4/c1-11(8-15)14(2,16)10-18-9-12-4-6-13(17-3)7-5-12/h4-8,11,16H,9-10H2,1-3H3/t11-,14+/m1/s1. The monoisotopic (exact) mass is 252 g/mol. The summed E-state index contributed by atoms with van der Waals surface area (Å²) in [5, 5.41) is 9.97. The van der Waals surface area contributed by atoms with Crippen LogP contribution in [0, 0.1) is 5.92 Å². The van der Waals surface area contributed by atoms with Gasteiger partial charge in [-0.05, 0) is 24.6 Å². The van der Waals surface area contributed by atoms with Crippen LogP contribution in [0.1, 0.15) is 19.4 Å². The van der Waals surface area contributed by atoms with E-state index in [1.807, 2.05) is 24.3 Å². The fraction of sp³-hybridized carbons (Fsp3) is 0.500. The fourth-order valence-electron chi connectivity index (χ4n) is 1.38. The molecule has 100 valence electrons. The zero-order valence-corrected chi connectivity index (χ0v) is 11.1. The normalized spacial score (nSPS) is 15.8. The zero-order valence-electron chi connectivity index (χ0n) is 11.1. The van der Waals surface area contributed by atoms with Crippen LogP contribution in [-0.4, -0.2) is 30.7 Å². The lowest BCUT2D eigenvalue weighted by atomic mass is 9.93. The van der Waals surface area contributed by atoms with E-state index < -0.39 is 11.5 Å². The molecule has 2 atom stereocenters. The number of hydrogen-bond donors (Lipinski definition) is 1. The van der Waals surface area contributed by atoms with Crippen molar-refractivity contribution in [2.24, 2.45) is 5.92 Å². The molecule has 0 aliphatic rings. The number of methoxy groups -OCH3 is 1. The average molecular weight is 252 g/mol. The molecule has 0 aliphatic heterocycles. The molecule has 0 amide bonds. The first-order chi connectivity index (χ1) is 8.49. The zero-order chi connectivity index (χ0) is 13.6. The number of carbonyl (C=O) groups excluding carboxylic acids is 1. The Labute approximate surface area is 108 Å². The van der Waals surface area contributed by atoms with Crippen molar-refractivity contribution >= 4 is 6.29 Å². The molecule has 1 N–H and O–H groups in total. The Morgan fingerprint density at radius 1 is 1.39 bits per heavy atom. The topological polar surface area (TPSA) is 55.8 Å². The number of ether oxygens (including phenoxy) is 2. The van der Waals surface area contributed by atoms with E-state index in [0.717, 1.165) is 17.6 Å². The van der Waals surface area contributed by atoms with Crippen LogP contribution in [0.2, 0.25) is 0 Å². The third-order valence-corrected chi connectivity index (χ3v) is 3.01. The van der Waals surface area contributed by atoms with Gasteiger partial charge in [-0.3, -0.25) is 0 Å². The van der Waals surface area contributed by atoms with Crippen LogP contribution in [0.3, 0.4) is 0 Å². The van der Waals surface area contributed by atoms with E-state index in [4.69, 9.17) is 9.47 Å². The molecule has 1 aromatic carbocycles. The van der Waals surface area contributed by atoms with Crippen LogP contribution >= 0.6 is 0 Å². The molecule has 0 bridgehead atoms. The van der Waals surface area contributed by atoms with Crippen LogP contribution in [0.5, 0.6) is 5.75 Å². The quantitative estimate of drug-likeness (QED) is 0.752. The van der Waals surface area contributed by atoms with Gasteiger partial charge in [-0.2, -0.15) is 0 Å². The fourth-order valence-corrected chi connectivity index (χ4v) is 1.38. The van der Waals surface area contributed by atoms with Crippen LogP contribution < -0.4 is 4.74 Å². The van der Waals surface area contributed by atoms with Crippen molar-refractivity contribution in [1.29, 1.82) is 0 Å². The summed E-state index contributed by atoms with van der Waals surface area (Å²) in [7, 11) is 1.61. The van der Waals surface area contributed by atoms with Gasteiger partial charge < -0.3 is 19.4 Å². The summed E-state index contributed by atoms with van der Waals surface area (Å²) < 4.78 is 10.5. The van der Waals surface area contributed by atoms with E-state index in [0.29, 0.717) is 6.61 Å². The maximum atomic E-state index is 10.6. The summed E-state index contributed by atoms with van der Waals surface area (Å²) in [6.45, 7) is 3.79. The minimum Gasteiger partial charge on any atom is -0.497 e. The van der Waals surface area contributed by atoms with Crippen LogP contribution in [0.4, 0.5) is 0 Å². The van der Waals surface area contributed by atoms with Gasteiger partial charge in [-0.1, -0.05) is 19.1 Å². The van der Waals surface area contributed by atoms with Gasteiger partial charge in [-0.15, -0.1) is 0 Å². The molecule has 0 radical (unpaired) electrons. The maximum absolute atomic E-state index is 10.6. The molecular formula is C14H20O4. The number of aldehydes is 1. The number of rotatable bonds is 7. The second-order valence-corrected chi connectivity index (χ2v) is 4.62. The molecular weight excluding hydrogens is 232 g/mol. The second-order valence-electron chi connectivity index (χ2n) is 4.62. The SMILES string of the molecule is COc1ccc(COC[C@](C)(O)[C@H](C)C=O)cc1. The van der Waals surface area contributed by atoms with Crippen molar-refractivity contribution in [3.63, 3.8) is 0 Å². The highest BCUT2D eigenvalue weighted by atomic mass is 16.5. The lowest BCUT2D eigenvalue weighted by Gasteiger charge is -2.26. The summed E-state index contributed by atoms with van der Waals surface area (Å²) >= 11 is 0. The largest absolute Gasteiger partial charge is 0.497 e. The van der Waals surface area contributed by atoms with Gasteiger partial charge in [0.15, 0.2) is 0 Å². The molecule has 1 aromatic rings. The maximum Gasteiger partial charge on any atom is 0.125 e. The molecule has 0 aliphatic carbocycles. The van der Waals surface area contributed by atoms with E-state index in [-0.39, 0.29) is 6.61 Å². The van der Waals surface area contributed by atoms with Gasteiger partial charge >= 0.3 is 0 Å². The molecule has 4 heteroatoms. The van der Waals surface area contributed by atoms with E-state index in [2.05, 4.69) is 0 Å². The number of aliphatic hydroxyl groups is 1. The Morgan fingerprint density at radius 2 is 2.00 bits per heavy atom. The molecule has 1 rings (SSSR count). The highest BCUT2D eigenvalue weighted by Crippen LogP contribution is 2.17. The van der Waals surface area contributed by atoms with E-state index in [9.17, 15) is 9.90 Å². The van der Waals surface area contributed by atoms with E-state index in [1.54, 1.807) is 21.0 Å². The lowest BCUT2D eigenvalue weighted by molar-refractivity contribution is -0.123. The highest BCUT2D eigenvalue weighted by Gasteiger charge is 2.28. The molecule has 4 nitrogen and oxygen atoms in total. The van der Waals surface area contributed by atoms with Gasteiger partial charge in [0.25, 0.3) is 0 Å². The molecule has 0 heterocycles. The Balaban J connectivity index is 2.43. The number of carbonyl (C=O) groups is 1. The molecule has 0 saturated heterocycles. The molecule has 0 spiro atoms. The third-order valence-electron chi connectivity index (χ3n) is 3.01. The van der Waals surface area contributed by atoms with Crippen molar-refractivity contribution < 1.29 is 19.4 Å². The van der Waals surface area contributed by atoms with Gasteiger partial charge in [-0.25, -0.2) is 0 Å². The van der Waals surface area contributed by atoms with Crippen LogP contribution in [0.25, 0.3) is 0 Å². The Bertz CT molecular complexity index is 370. The van der Waals surface area contributed by atoms with Crippen molar-refractivity contribution in [3.8, 4) is 5.75 Å². The Hall–Kier alpha value is -1.39. The smallest absolute Gasteiger partial charge is 0.125 e. The molecule has 0 unspecified atom stereocenters. The first kappa shape index (κ1) is 14.7. The molecule has 0 fully saturated rings. The summed E-state index contributed by atoms with van der Waals surface area (Å²) in [4.78, 5) is 10.6. The molecule has 0 aromatic heterocycles. The average Bonchev–Trinajstić information content (AvgIpc) is 2.38. The van der Waals surface area contributed by atoms with Crippen molar-refractivity contribution in [2.75, 3.05) is 13.7 Å².